The van der Waals surface area contributed by atoms with Crippen LogP contribution in [0.4, 0.5) is 4.39 Å². The zero-order valence-corrected chi connectivity index (χ0v) is 40.9. The molecule has 1 heterocycles. The van der Waals surface area contributed by atoms with Crippen LogP contribution in [0.5, 0.6) is 0 Å². The fourth-order valence-electron chi connectivity index (χ4n) is 11.2. The van der Waals surface area contributed by atoms with E-state index in [1.54, 1.807) is 0 Å². The van der Waals surface area contributed by atoms with Gasteiger partial charge in [-0.1, -0.05) is 219 Å². The van der Waals surface area contributed by atoms with Crippen molar-refractivity contribution in [1.29, 1.82) is 0 Å². The van der Waals surface area contributed by atoms with E-state index in [-0.39, 0.29) is 12.3 Å². The molecule has 4 fully saturated rings. The molecule has 4 aliphatic rings. The van der Waals surface area contributed by atoms with Crippen molar-refractivity contribution in [3.05, 3.63) is 0 Å². The van der Waals surface area contributed by atoms with E-state index >= 15 is 0 Å². The number of carbonyl (C=O) groups excluding carboxylic acids is 1. The van der Waals surface area contributed by atoms with Crippen molar-refractivity contribution in [3.63, 3.8) is 0 Å². The number of ether oxygens (including phenoxy) is 1. The highest BCUT2D eigenvalue weighted by molar-refractivity contribution is 5.76. The number of amides is 1. The highest BCUT2D eigenvalue weighted by atomic mass is 19.1. The standard InChI is InChI=1S/C54H102FNO7/c1-2-3-4-5-6-7-8-18-21-24-27-30-33-36-46(58)45(38-39-47-50(60)52(62)51(61)48(41-57)63-47)56-49(59)37-34-31-28-25-22-19-16-14-12-10-9-11-13-15-17-20-23-26-29-32-35-40-53-42-54(55,43-53)44-53/h45-48,50-52,57-58,60-62H,2-44H2,1H3,(H,56,59)/t45-,46+,47+,48+,50-,51-,52+,53?,54?/m0/s1. The molecule has 1 amide bonds. The molecule has 1 saturated heterocycles. The molecule has 7 atom stereocenters. The third-order valence-corrected chi connectivity index (χ3v) is 15.4. The lowest BCUT2D eigenvalue weighted by molar-refractivity contribution is -0.230. The van der Waals surface area contributed by atoms with Crippen molar-refractivity contribution in [2.45, 2.75) is 325 Å². The summed E-state index contributed by atoms with van der Waals surface area (Å²) in [5.41, 5.74) is -0.274. The molecule has 1 aliphatic heterocycles. The van der Waals surface area contributed by atoms with Crippen molar-refractivity contribution in [2.24, 2.45) is 5.41 Å². The molecule has 3 aliphatic carbocycles. The summed E-state index contributed by atoms with van der Waals surface area (Å²) in [7, 11) is 0. The fourth-order valence-corrected chi connectivity index (χ4v) is 11.2. The predicted octanol–water partition coefficient (Wildman–Crippen LogP) is 12.8. The molecular formula is C54H102FNO7. The Labute approximate surface area is 386 Å². The molecule has 3 saturated carbocycles. The molecule has 0 aromatic rings. The molecule has 2 bridgehead atoms. The van der Waals surface area contributed by atoms with Gasteiger partial charge < -0.3 is 35.6 Å². The molecule has 0 unspecified atom stereocenters. The Bertz CT molecular complexity index is 1090. The number of hydrogen-bond donors (Lipinski definition) is 6. The summed E-state index contributed by atoms with van der Waals surface area (Å²) in [6.45, 7) is 1.79. The highest BCUT2D eigenvalue weighted by Gasteiger charge is 2.68. The number of nitrogens with one attached hydrogen (secondary N) is 1. The Morgan fingerprint density at radius 3 is 1.35 bits per heavy atom. The van der Waals surface area contributed by atoms with Crippen molar-refractivity contribution >= 4 is 5.91 Å². The van der Waals surface area contributed by atoms with Gasteiger partial charge in [-0.3, -0.25) is 4.79 Å². The molecular weight excluding hydrogens is 794 g/mol. The average Bonchev–Trinajstić information content (AvgIpc) is 3.25. The van der Waals surface area contributed by atoms with Crippen molar-refractivity contribution in [2.75, 3.05) is 6.61 Å². The zero-order valence-electron chi connectivity index (χ0n) is 40.9. The molecule has 0 aromatic heterocycles. The van der Waals surface area contributed by atoms with Crippen LogP contribution in [-0.2, 0) is 9.53 Å². The Kier molecular flexibility index (Phi) is 30.9. The van der Waals surface area contributed by atoms with Crippen molar-refractivity contribution in [1.82, 2.24) is 5.32 Å². The van der Waals surface area contributed by atoms with Crippen molar-refractivity contribution < 1.29 is 39.5 Å². The molecule has 0 aromatic carbocycles. The van der Waals surface area contributed by atoms with Crippen LogP contribution in [0.15, 0.2) is 0 Å². The maximum atomic E-state index is 13.6. The summed E-state index contributed by atoms with van der Waals surface area (Å²) in [4.78, 5) is 13.1. The second-order valence-electron chi connectivity index (χ2n) is 21.3. The number of carbonyl (C=O) groups is 1. The summed E-state index contributed by atoms with van der Waals surface area (Å²) in [6, 6.07) is -0.496. The number of halogens is 1. The molecule has 0 radical (unpaired) electrons. The van der Waals surface area contributed by atoms with Crippen LogP contribution in [0.2, 0.25) is 0 Å². The molecule has 4 rings (SSSR count). The maximum Gasteiger partial charge on any atom is 0.220 e. The lowest BCUT2D eigenvalue weighted by Gasteiger charge is -2.66. The number of aliphatic hydroxyl groups is 5. The number of alkyl halides is 1. The largest absolute Gasteiger partial charge is 0.394 e. The van der Waals surface area contributed by atoms with Crippen LogP contribution in [-0.4, -0.2) is 86.4 Å². The predicted molar refractivity (Wildman–Crippen MR) is 258 cm³/mol. The van der Waals surface area contributed by atoms with E-state index in [1.165, 1.54) is 186 Å². The quantitative estimate of drug-likeness (QED) is 0.0335. The summed E-state index contributed by atoms with van der Waals surface area (Å²) in [5.74, 6) is -0.0645. The monoisotopic (exact) mass is 896 g/mol. The van der Waals surface area contributed by atoms with Crippen LogP contribution in [0, 0.1) is 5.41 Å². The van der Waals surface area contributed by atoms with Gasteiger partial charge in [0.25, 0.3) is 0 Å². The Balaban J connectivity index is 1.14. The van der Waals surface area contributed by atoms with Gasteiger partial charge in [-0.05, 0) is 56.8 Å². The highest BCUT2D eigenvalue weighted by Crippen LogP contribution is 2.71. The van der Waals surface area contributed by atoms with Crippen molar-refractivity contribution in [3.8, 4) is 0 Å². The van der Waals surface area contributed by atoms with Crippen LogP contribution in [0.25, 0.3) is 0 Å². The first-order valence-electron chi connectivity index (χ1n) is 27.6. The van der Waals surface area contributed by atoms with E-state index in [0.29, 0.717) is 24.7 Å². The second-order valence-corrected chi connectivity index (χ2v) is 21.3. The minimum atomic E-state index is -1.43. The molecule has 8 nitrogen and oxygen atoms in total. The molecule has 372 valence electrons. The van der Waals surface area contributed by atoms with Gasteiger partial charge in [-0.25, -0.2) is 4.39 Å². The smallest absolute Gasteiger partial charge is 0.220 e. The maximum absolute atomic E-state index is 13.6. The van der Waals surface area contributed by atoms with Crippen LogP contribution >= 0.6 is 0 Å². The third-order valence-electron chi connectivity index (χ3n) is 15.4. The summed E-state index contributed by atoms with van der Waals surface area (Å²) in [6.07, 6.45) is 42.6. The van der Waals surface area contributed by atoms with Gasteiger partial charge in [0.15, 0.2) is 0 Å². The first-order valence-corrected chi connectivity index (χ1v) is 27.6. The van der Waals surface area contributed by atoms with Gasteiger partial charge in [0.2, 0.25) is 5.91 Å². The van der Waals surface area contributed by atoms with E-state index in [2.05, 4.69) is 12.2 Å². The SMILES string of the molecule is CCCCCCCCCCCCCCC[C@@H](O)[C@H](CC[C@H]1O[C@H](CO)[C@H](O)[C@H](O)[C@H]1O)NC(=O)CCCCCCCCCCCCCCCCCCCCCCCC12CC(F)(C1)C2. The van der Waals surface area contributed by atoms with Gasteiger partial charge in [0.05, 0.1) is 24.9 Å². The summed E-state index contributed by atoms with van der Waals surface area (Å²) in [5, 5.41) is 55.0. The fraction of sp³-hybridized carbons (Fsp3) is 0.981. The number of rotatable bonds is 44. The molecule has 6 N–H and O–H groups in total. The van der Waals surface area contributed by atoms with Gasteiger partial charge in [0.1, 0.15) is 30.1 Å². The third kappa shape index (κ3) is 24.1. The first-order chi connectivity index (χ1) is 30.6. The second kappa shape index (κ2) is 34.4. The van der Waals surface area contributed by atoms with Crippen LogP contribution < -0.4 is 5.32 Å². The molecule has 0 spiro atoms. The minimum absolute atomic E-state index is 0.0645. The van der Waals surface area contributed by atoms with E-state index < -0.39 is 54.9 Å². The van der Waals surface area contributed by atoms with E-state index in [4.69, 9.17) is 4.74 Å². The Morgan fingerprint density at radius 2 is 0.937 bits per heavy atom. The summed E-state index contributed by atoms with van der Waals surface area (Å²) < 4.78 is 19.4. The van der Waals surface area contributed by atoms with E-state index in [9.17, 15) is 34.7 Å². The summed E-state index contributed by atoms with van der Waals surface area (Å²) >= 11 is 0. The number of hydrogen-bond acceptors (Lipinski definition) is 7. The van der Waals surface area contributed by atoms with Crippen LogP contribution in [0.3, 0.4) is 0 Å². The normalized spacial score (nSPS) is 26.3. The average molecular weight is 896 g/mol. The number of unbranched alkanes of at least 4 members (excludes halogenated alkanes) is 32. The molecule has 9 heteroatoms. The number of aliphatic hydroxyl groups excluding tert-OH is 5. The van der Waals surface area contributed by atoms with Gasteiger partial charge in [-0.15, -0.1) is 0 Å². The van der Waals surface area contributed by atoms with Crippen LogP contribution in [0.1, 0.15) is 277 Å². The van der Waals surface area contributed by atoms with Gasteiger partial charge in [0, 0.05) is 6.42 Å². The van der Waals surface area contributed by atoms with Gasteiger partial charge >= 0.3 is 0 Å². The Morgan fingerprint density at radius 1 is 0.556 bits per heavy atom. The topological polar surface area (TPSA) is 139 Å². The van der Waals surface area contributed by atoms with E-state index in [1.807, 2.05) is 0 Å². The molecule has 63 heavy (non-hydrogen) atoms. The first kappa shape index (κ1) is 56.5. The lowest BCUT2D eigenvalue weighted by Crippen LogP contribution is -2.64. The minimum Gasteiger partial charge on any atom is -0.394 e. The van der Waals surface area contributed by atoms with E-state index in [0.717, 1.165) is 57.8 Å². The zero-order chi connectivity index (χ0) is 45.4. The Hall–Kier alpha value is -0.840. The lowest BCUT2D eigenvalue weighted by atomic mass is 9.41. The van der Waals surface area contributed by atoms with Gasteiger partial charge in [-0.2, -0.15) is 0 Å².